The van der Waals surface area contributed by atoms with E-state index in [0.29, 0.717) is 30.8 Å². The normalized spacial score (nSPS) is 15.5. The monoisotopic (exact) mass is 279 g/mol. The zero-order chi connectivity index (χ0) is 14.8. The van der Waals surface area contributed by atoms with Crippen molar-refractivity contribution in [3.8, 4) is 11.5 Å². The van der Waals surface area contributed by atoms with Crippen molar-refractivity contribution in [2.45, 2.75) is 25.3 Å². The molecule has 1 heterocycles. The first-order valence-electron chi connectivity index (χ1n) is 6.27. The molecule has 1 aliphatic rings. The van der Waals surface area contributed by atoms with Crippen molar-refractivity contribution >= 4 is 12.4 Å². The lowest BCUT2D eigenvalue weighted by atomic mass is 9.92. The molecule has 0 radical (unpaired) electrons. The third-order valence-electron chi connectivity index (χ3n) is 3.73. The lowest BCUT2D eigenvalue weighted by Gasteiger charge is -2.32. The molecule has 20 heavy (non-hydrogen) atoms. The van der Waals surface area contributed by atoms with Crippen LogP contribution in [0.25, 0.3) is 0 Å². The molecule has 1 atom stereocenters. The van der Waals surface area contributed by atoms with Crippen LogP contribution >= 0.6 is 0 Å². The molecule has 108 valence electrons. The second-order valence-electron chi connectivity index (χ2n) is 4.98. The maximum Gasteiger partial charge on any atom is 0.329 e. The highest BCUT2D eigenvalue weighted by atomic mass is 16.7. The molecule has 6 heteroatoms. The molecule has 0 bridgehead atoms. The van der Waals surface area contributed by atoms with E-state index < -0.39 is 11.5 Å². The quantitative estimate of drug-likeness (QED) is 0.794. The summed E-state index contributed by atoms with van der Waals surface area (Å²) >= 11 is 0. The highest BCUT2D eigenvalue weighted by Gasteiger charge is 2.36. The molecule has 0 saturated heterocycles. The van der Waals surface area contributed by atoms with Crippen LogP contribution in [0, 0.1) is 0 Å². The van der Waals surface area contributed by atoms with Crippen LogP contribution in [-0.4, -0.2) is 41.8 Å². The van der Waals surface area contributed by atoms with Gasteiger partial charge in [-0.15, -0.1) is 0 Å². The highest BCUT2D eigenvalue weighted by Crippen LogP contribution is 2.33. The third kappa shape index (κ3) is 2.54. The number of hydrogen-bond acceptors (Lipinski definition) is 4. The number of fused-ring (bicyclic) bond motifs is 1. The standard InChI is InChI=1S/C14H17NO5/c1-14(13(17)18,15(2)8-16)6-5-10-3-4-11-12(7-10)20-9-19-11/h3-4,7-8H,5-6,9H2,1-2H3,(H,17,18). The molecule has 0 aromatic heterocycles. The summed E-state index contributed by atoms with van der Waals surface area (Å²) in [6, 6.07) is 5.52. The molecule has 1 aromatic rings. The minimum absolute atomic E-state index is 0.208. The van der Waals surface area contributed by atoms with Gasteiger partial charge >= 0.3 is 5.97 Å². The number of aliphatic carboxylic acids is 1. The van der Waals surface area contributed by atoms with Gasteiger partial charge in [0, 0.05) is 7.05 Å². The average Bonchev–Trinajstić information content (AvgIpc) is 2.90. The van der Waals surface area contributed by atoms with Gasteiger partial charge in [-0.1, -0.05) is 6.07 Å². The molecule has 2 rings (SSSR count). The SMILES string of the molecule is CN(C=O)C(C)(CCc1ccc2c(c1)OCO2)C(=O)O. The van der Waals surface area contributed by atoms with Crippen molar-refractivity contribution in [3.05, 3.63) is 23.8 Å². The van der Waals surface area contributed by atoms with Gasteiger partial charge in [0.1, 0.15) is 5.54 Å². The minimum atomic E-state index is -1.22. The van der Waals surface area contributed by atoms with E-state index in [4.69, 9.17) is 9.47 Å². The van der Waals surface area contributed by atoms with Crippen LogP contribution in [0.5, 0.6) is 11.5 Å². The zero-order valence-electron chi connectivity index (χ0n) is 11.5. The highest BCUT2D eigenvalue weighted by molar-refractivity contribution is 5.80. The van der Waals surface area contributed by atoms with Gasteiger partial charge < -0.3 is 19.5 Å². The van der Waals surface area contributed by atoms with E-state index in [1.807, 2.05) is 12.1 Å². The Morgan fingerprint density at radius 2 is 2.15 bits per heavy atom. The Hall–Kier alpha value is -2.24. The van der Waals surface area contributed by atoms with Gasteiger partial charge in [0.2, 0.25) is 13.2 Å². The van der Waals surface area contributed by atoms with Gasteiger partial charge in [-0.25, -0.2) is 4.79 Å². The number of aryl methyl sites for hydroxylation is 1. The number of nitrogens with zero attached hydrogens (tertiary/aromatic N) is 1. The first kappa shape index (κ1) is 14.2. The Bertz CT molecular complexity index is 530. The van der Waals surface area contributed by atoms with E-state index in [0.717, 1.165) is 5.56 Å². The summed E-state index contributed by atoms with van der Waals surface area (Å²) in [6.45, 7) is 1.75. The molecule has 1 unspecified atom stereocenters. The smallest absolute Gasteiger partial charge is 0.329 e. The number of carboxylic acid groups (broad SMARTS) is 1. The van der Waals surface area contributed by atoms with Crippen LogP contribution in [-0.2, 0) is 16.0 Å². The van der Waals surface area contributed by atoms with Crippen molar-refractivity contribution in [1.29, 1.82) is 0 Å². The van der Waals surface area contributed by atoms with Crippen LogP contribution in [0.2, 0.25) is 0 Å². The third-order valence-corrected chi connectivity index (χ3v) is 3.73. The number of carboxylic acids is 1. The first-order valence-corrected chi connectivity index (χ1v) is 6.27. The molecule has 1 amide bonds. The summed E-state index contributed by atoms with van der Waals surface area (Å²) in [5.41, 5.74) is -0.279. The van der Waals surface area contributed by atoms with Gasteiger partial charge in [-0.2, -0.15) is 0 Å². The van der Waals surface area contributed by atoms with Crippen molar-refractivity contribution in [2.75, 3.05) is 13.8 Å². The molecular formula is C14H17NO5. The molecule has 0 spiro atoms. The summed E-state index contributed by atoms with van der Waals surface area (Å²) in [7, 11) is 1.47. The first-order chi connectivity index (χ1) is 9.47. The Labute approximate surface area is 116 Å². The van der Waals surface area contributed by atoms with Crippen LogP contribution < -0.4 is 9.47 Å². The maximum atomic E-state index is 11.4. The van der Waals surface area contributed by atoms with Crippen molar-refractivity contribution in [2.24, 2.45) is 0 Å². The second kappa shape index (κ2) is 5.40. The summed E-state index contributed by atoms with van der Waals surface area (Å²) in [6.07, 6.45) is 1.38. The number of hydrogen-bond donors (Lipinski definition) is 1. The van der Waals surface area contributed by atoms with Gasteiger partial charge in [-0.3, -0.25) is 4.79 Å². The van der Waals surface area contributed by atoms with Gasteiger partial charge in [-0.05, 0) is 37.5 Å². The largest absolute Gasteiger partial charge is 0.480 e. The molecule has 6 nitrogen and oxygen atoms in total. The summed E-state index contributed by atoms with van der Waals surface area (Å²) in [5.74, 6) is 0.343. The molecule has 0 aliphatic carbocycles. The molecule has 1 N–H and O–H groups in total. The lowest BCUT2D eigenvalue weighted by Crippen LogP contribution is -2.50. The number of carbonyl (C=O) groups excluding carboxylic acids is 1. The molecule has 1 aliphatic heterocycles. The molecule has 0 fully saturated rings. The fourth-order valence-electron chi connectivity index (χ4n) is 2.03. The number of amides is 1. The van der Waals surface area contributed by atoms with Crippen molar-refractivity contribution in [1.82, 2.24) is 4.90 Å². The number of rotatable bonds is 6. The maximum absolute atomic E-state index is 11.4. The van der Waals surface area contributed by atoms with E-state index in [-0.39, 0.29) is 6.79 Å². The number of ether oxygens (including phenoxy) is 2. The number of likely N-dealkylation sites (N-methyl/N-ethyl adjacent to an activating group) is 1. The Balaban J connectivity index is 2.10. The van der Waals surface area contributed by atoms with E-state index >= 15 is 0 Å². The Kier molecular flexibility index (Phi) is 3.83. The predicted octanol–water partition coefficient (Wildman–Crippen LogP) is 1.28. The van der Waals surface area contributed by atoms with Crippen LogP contribution in [0.15, 0.2) is 18.2 Å². The second-order valence-corrected chi connectivity index (χ2v) is 4.98. The van der Waals surface area contributed by atoms with Crippen molar-refractivity contribution < 1.29 is 24.2 Å². The van der Waals surface area contributed by atoms with Crippen LogP contribution in [0.1, 0.15) is 18.9 Å². The van der Waals surface area contributed by atoms with E-state index in [1.165, 1.54) is 18.9 Å². The van der Waals surface area contributed by atoms with Crippen LogP contribution in [0.3, 0.4) is 0 Å². The van der Waals surface area contributed by atoms with Crippen LogP contribution in [0.4, 0.5) is 0 Å². The number of carbonyl (C=O) groups is 2. The Morgan fingerprint density at radius 3 is 2.80 bits per heavy atom. The topological polar surface area (TPSA) is 76.1 Å². The average molecular weight is 279 g/mol. The fraction of sp³-hybridized carbons (Fsp3) is 0.429. The molecule has 0 saturated carbocycles. The van der Waals surface area contributed by atoms with Gasteiger partial charge in [0.05, 0.1) is 0 Å². The predicted molar refractivity (Wildman–Crippen MR) is 70.8 cm³/mol. The molecule has 1 aromatic carbocycles. The molecular weight excluding hydrogens is 262 g/mol. The summed E-state index contributed by atoms with van der Waals surface area (Å²) in [5, 5.41) is 9.32. The summed E-state index contributed by atoms with van der Waals surface area (Å²) in [4.78, 5) is 23.4. The zero-order valence-corrected chi connectivity index (χ0v) is 11.5. The van der Waals surface area contributed by atoms with Crippen molar-refractivity contribution in [3.63, 3.8) is 0 Å². The number of benzene rings is 1. The summed E-state index contributed by atoms with van der Waals surface area (Å²) < 4.78 is 10.5. The van der Waals surface area contributed by atoms with E-state index in [9.17, 15) is 14.7 Å². The van der Waals surface area contributed by atoms with E-state index in [2.05, 4.69) is 0 Å². The minimum Gasteiger partial charge on any atom is -0.480 e. The lowest BCUT2D eigenvalue weighted by molar-refractivity contribution is -0.153. The van der Waals surface area contributed by atoms with E-state index in [1.54, 1.807) is 6.07 Å². The van der Waals surface area contributed by atoms with Gasteiger partial charge in [0.25, 0.3) is 0 Å². The van der Waals surface area contributed by atoms with Gasteiger partial charge in [0.15, 0.2) is 11.5 Å². The Morgan fingerprint density at radius 1 is 1.45 bits per heavy atom. The fourth-order valence-corrected chi connectivity index (χ4v) is 2.03.